The maximum absolute atomic E-state index is 11.8. The van der Waals surface area contributed by atoms with Gasteiger partial charge in [0.2, 0.25) is 5.91 Å². The van der Waals surface area contributed by atoms with E-state index in [0.717, 1.165) is 6.92 Å². The van der Waals surface area contributed by atoms with Crippen molar-refractivity contribution in [2.24, 2.45) is 11.7 Å². The number of amides is 3. The lowest BCUT2D eigenvalue weighted by Crippen LogP contribution is -2.53. The number of nitrogens with two attached hydrogens (primary N) is 1. The van der Waals surface area contributed by atoms with Crippen LogP contribution in [0.4, 0.5) is 4.79 Å². The standard InChI is InChI=1S/C11H19N3O5/c1-11(19,9(16)17)6-13-10(18)14-4-2-3-7(5-14)8(12)15/h7,19H,2-6H2,1H3,(H2,12,15)(H,13,18)(H,16,17). The average Bonchev–Trinajstić information content (AvgIpc) is 2.36. The van der Waals surface area contributed by atoms with Gasteiger partial charge in [0.25, 0.3) is 0 Å². The molecule has 2 unspecified atom stereocenters. The monoisotopic (exact) mass is 273 g/mol. The Balaban J connectivity index is 2.50. The number of likely N-dealkylation sites (tertiary alicyclic amines) is 1. The summed E-state index contributed by atoms with van der Waals surface area (Å²) in [5.41, 5.74) is 3.18. The Hall–Kier alpha value is -1.83. The molecule has 19 heavy (non-hydrogen) atoms. The quantitative estimate of drug-likeness (QED) is 0.507. The van der Waals surface area contributed by atoms with Gasteiger partial charge in [0.15, 0.2) is 5.60 Å². The van der Waals surface area contributed by atoms with Crippen LogP contribution in [0.15, 0.2) is 0 Å². The molecule has 8 nitrogen and oxygen atoms in total. The largest absolute Gasteiger partial charge is 0.479 e. The van der Waals surface area contributed by atoms with Crippen LogP contribution in [0, 0.1) is 5.92 Å². The second-order valence-corrected chi connectivity index (χ2v) is 4.93. The van der Waals surface area contributed by atoms with E-state index >= 15 is 0 Å². The van der Waals surface area contributed by atoms with Gasteiger partial charge in [-0.3, -0.25) is 4.79 Å². The summed E-state index contributed by atoms with van der Waals surface area (Å²) < 4.78 is 0. The molecule has 0 spiro atoms. The molecule has 1 rings (SSSR count). The Morgan fingerprint density at radius 3 is 2.63 bits per heavy atom. The number of carbonyl (C=O) groups excluding carboxylic acids is 2. The van der Waals surface area contributed by atoms with Gasteiger partial charge >= 0.3 is 12.0 Å². The van der Waals surface area contributed by atoms with Gasteiger partial charge in [0.1, 0.15) is 0 Å². The fraction of sp³-hybridized carbons (Fsp3) is 0.727. The van der Waals surface area contributed by atoms with Crippen LogP contribution in [0.2, 0.25) is 0 Å². The second-order valence-electron chi connectivity index (χ2n) is 4.93. The van der Waals surface area contributed by atoms with Crippen molar-refractivity contribution in [3.05, 3.63) is 0 Å². The van der Waals surface area contributed by atoms with Crippen molar-refractivity contribution in [2.75, 3.05) is 19.6 Å². The number of rotatable bonds is 4. The van der Waals surface area contributed by atoms with Crippen LogP contribution in [0.5, 0.6) is 0 Å². The van der Waals surface area contributed by atoms with Gasteiger partial charge in [0.05, 0.1) is 12.5 Å². The first-order valence-electron chi connectivity index (χ1n) is 6.02. The zero-order chi connectivity index (χ0) is 14.6. The van der Waals surface area contributed by atoms with Crippen molar-refractivity contribution in [1.82, 2.24) is 10.2 Å². The Bertz CT molecular complexity index is 383. The molecule has 3 amide bonds. The number of hydrogen-bond donors (Lipinski definition) is 4. The molecule has 8 heteroatoms. The highest BCUT2D eigenvalue weighted by Gasteiger charge is 2.32. The van der Waals surface area contributed by atoms with Crippen molar-refractivity contribution >= 4 is 17.9 Å². The first kappa shape index (κ1) is 15.2. The zero-order valence-corrected chi connectivity index (χ0v) is 10.8. The summed E-state index contributed by atoms with van der Waals surface area (Å²) in [7, 11) is 0. The molecule has 0 saturated carbocycles. The highest BCUT2D eigenvalue weighted by molar-refractivity contribution is 5.81. The smallest absolute Gasteiger partial charge is 0.337 e. The predicted octanol–water partition coefficient (Wildman–Crippen LogP) is -1.27. The highest BCUT2D eigenvalue weighted by Crippen LogP contribution is 2.16. The minimum atomic E-state index is -2.02. The van der Waals surface area contributed by atoms with Gasteiger partial charge in [-0.25, -0.2) is 9.59 Å². The number of carboxylic acid groups (broad SMARTS) is 1. The molecule has 1 heterocycles. The lowest BCUT2D eigenvalue weighted by atomic mass is 9.98. The maximum Gasteiger partial charge on any atom is 0.337 e. The van der Waals surface area contributed by atoms with Crippen molar-refractivity contribution in [1.29, 1.82) is 0 Å². The van der Waals surface area contributed by atoms with Gasteiger partial charge in [-0.1, -0.05) is 0 Å². The Morgan fingerprint density at radius 2 is 2.11 bits per heavy atom. The molecule has 0 radical (unpaired) electrons. The minimum Gasteiger partial charge on any atom is -0.479 e. The molecule has 1 saturated heterocycles. The van der Waals surface area contributed by atoms with Gasteiger partial charge in [-0.05, 0) is 19.8 Å². The predicted molar refractivity (Wildman–Crippen MR) is 65.1 cm³/mol. The SMILES string of the molecule is CC(O)(CNC(=O)N1CCCC(C(N)=O)C1)C(=O)O. The molecule has 2 atom stereocenters. The Morgan fingerprint density at radius 1 is 1.47 bits per heavy atom. The molecule has 1 fully saturated rings. The van der Waals surface area contributed by atoms with Crippen LogP contribution in [-0.2, 0) is 9.59 Å². The van der Waals surface area contributed by atoms with E-state index in [4.69, 9.17) is 10.8 Å². The van der Waals surface area contributed by atoms with E-state index in [1.807, 2.05) is 0 Å². The number of primary amides is 1. The summed E-state index contributed by atoms with van der Waals surface area (Å²) in [6, 6.07) is -0.507. The second kappa shape index (κ2) is 5.87. The molecule has 5 N–H and O–H groups in total. The number of nitrogens with one attached hydrogen (secondary N) is 1. The normalized spacial score (nSPS) is 22.4. The third kappa shape index (κ3) is 4.09. The molecular formula is C11H19N3O5. The number of nitrogens with zero attached hydrogens (tertiary/aromatic N) is 1. The van der Waals surface area contributed by atoms with Crippen LogP contribution < -0.4 is 11.1 Å². The molecular weight excluding hydrogens is 254 g/mol. The summed E-state index contributed by atoms with van der Waals surface area (Å²) in [6.45, 7) is 1.39. The lowest BCUT2D eigenvalue weighted by Gasteiger charge is -2.32. The summed E-state index contributed by atoms with van der Waals surface area (Å²) >= 11 is 0. The minimum absolute atomic E-state index is 0.219. The van der Waals surface area contributed by atoms with E-state index in [1.54, 1.807) is 0 Å². The van der Waals surface area contributed by atoms with Crippen molar-refractivity contribution in [3.8, 4) is 0 Å². The topological polar surface area (TPSA) is 133 Å². The Labute approximate surface area is 110 Å². The van der Waals surface area contributed by atoms with E-state index in [0.29, 0.717) is 19.4 Å². The molecule has 0 aliphatic carbocycles. The van der Waals surface area contributed by atoms with Gasteiger partial charge in [-0.15, -0.1) is 0 Å². The number of carbonyl (C=O) groups is 3. The first-order valence-corrected chi connectivity index (χ1v) is 6.02. The number of aliphatic carboxylic acids is 1. The van der Waals surface area contributed by atoms with Gasteiger partial charge < -0.3 is 26.2 Å². The van der Waals surface area contributed by atoms with Crippen LogP contribution in [-0.4, -0.2) is 58.3 Å². The average molecular weight is 273 g/mol. The number of aliphatic hydroxyl groups is 1. The van der Waals surface area contributed by atoms with Gasteiger partial charge in [0, 0.05) is 13.1 Å². The number of hydrogen-bond acceptors (Lipinski definition) is 4. The summed E-state index contributed by atoms with van der Waals surface area (Å²) in [5, 5.41) is 20.5. The third-order valence-electron chi connectivity index (χ3n) is 3.16. The molecule has 0 bridgehead atoms. The molecule has 108 valence electrons. The lowest BCUT2D eigenvalue weighted by molar-refractivity contribution is -0.155. The van der Waals surface area contributed by atoms with Crippen LogP contribution >= 0.6 is 0 Å². The van der Waals surface area contributed by atoms with Crippen LogP contribution in [0.1, 0.15) is 19.8 Å². The molecule has 0 aromatic carbocycles. The van der Waals surface area contributed by atoms with E-state index < -0.39 is 30.1 Å². The van der Waals surface area contributed by atoms with Crippen molar-refractivity contribution < 1.29 is 24.6 Å². The van der Waals surface area contributed by atoms with Crippen LogP contribution in [0.3, 0.4) is 0 Å². The number of urea groups is 1. The summed E-state index contributed by atoms with van der Waals surface area (Å²) in [4.78, 5) is 34.9. The third-order valence-corrected chi connectivity index (χ3v) is 3.16. The first-order chi connectivity index (χ1) is 8.74. The molecule has 0 aromatic rings. The summed E-state index contributed by atoms with van der Waals surface area (Å²) in [6.07, 6.45) is 1.31. The molecule has 1 aliphatic rings. The van der Waals surface area contributed by atoms with Gasteiger partial charge in [-0.2, -0.15) is 0 Å². The van der Waals surface area contributed by atoms with Crippen LogP contribution in [0.25, 0.3) is 0 Å². The van der Waals surface area contributed by atoms with Crippen molar-refractivity contribution in [2.45, 2.75) is 25.4 Å². The van der Waals surface area contributed by atoms with E-state index in [-0.39, 0.29) is 12.5 Å². The van der Waals surface area contributed by atoms with E-state index in [2.05, 4.69) is 5.32 Å². The number of carboxylic acids is 1. The fourth-order valence-electron chi connectivity index (χ4n) is 1.83. The van der Waals surface area contributed by atoms with Crippen molar-refractivity contribution in [3.63, 3.8) is 0 Å². The molecule has 1 aliphatic heterocycles. The zero-order valence-electron chi connectivity index (χ0n) is 10.8. The van der Waals surface area contributed by atoms with E-state index in [9.17, 15) is 19.5 Å². The molecule has 0 aromatic heterocycles. The number of piperidine rings is 1. The van der Waals surface area contributed by atoms with E-state index in [1.165, 1.54) is 4.90 Å². The maximum atomic E-state index is 11.8. The fourth-order valence-corrected chi connectivity index (χ4v) is 1.83. The Kier molecular flexibility index (Phi) is 4.71. The highest BCUT2D eigenvalue weighted by atomic mass is 16.4. The summed E-state index contributed by atoms with van der Waals surface area (Å²) in [5.74, 6) is -2.24.